The summed E-state index contributed by atoms with van der Waals surface area (Å²) in [4.78, 5) is 2.37. The van der Waals surface area contributed by atoms with Crippen molar-refractivity contribution in [1.29, 1.82) is 0 Å². The lowest BCUT2D eigenvalue weighted by molar-refractivity contribution is 0.588. The molecule has 0 heterocycles. The summed E-state index contributed by atoms with van der Waals surface area (Å²) in [5.74, 6) is 0. The predicted octanol–water partition coefficient (Wildman–Crippen LogP) is 4.65. The van der Waals surface area contributed by atoms with Crippen molar-refractivity contribution in [3.05, 3.63) is 59.7 Å². The molecule has 0 bridgehead atoms. The van der Waals surface area contributed by atoms with Gasteiger partial charge in [0.2, 0.25) is 0 Å². The first-order valence-corrected chi connectivity index (χ1v) is 7.77. The highest BCUT2D eigenvalue weighted by Crippen LogP contribution is 2.29. The van der Waals surface area contributed by atoms with Gasteiger partial charge >= 0.3 is 0 Å². The number of hydrogen-bond acceptors (Lipinski definition) is 2. The summed E-state index contributed by atoms with van der Waals surface area (Å²) < 4.78 is 0. The molecule has 21 heavy (non-hydrogen) atoms. The molecule has 0 saturated heterocycles. The molecule has 0 fully saturated rings. The topological polar surface area (TPSA) is 15.3 Å². The Morgan fingerprint density at radius 3 is 2.38 bits per heavy atom. The lowest BCUT2D eigenvalue weighted by atomic mass is 10.1. The molecular weight excluding hydrogens is 256 g/mol. The average molecular weight is 282 g/mol. The summed E-state index contributed by atoms with van der Waals surface area (Å²) in [5.41, 5.74) is 5.20. The van der Waals surface area contributed by atoms with Gasteiger partial charge in [-0.05, 0) is 37.6 Å². The molecule has 0 atom stereocenters. The number of benzene rings is 2. The van der Waals surface area contributed by atoms with Crippen LogP contribution in [-0.4, -0.2) is 12.6 Å². The van der Waals surface area contributed by atoms with Gasteiger partial charge in [-0.2, -0.15) is 0 Å². The fourth-order valence-corrected chi connectivity index (χ4v) is 2.53. The maximum atomic E-state index is 3.53. The molecule has 0 amide bonds. The van der Waals surface area contributed by atoms with Crippen molar-refractivity contribution in [3.63, 3.8) is 0 Å². The van der Waals surface area contributed by atoms with Gasteiger partial charge in [0, 0.05) is 30.5 Å². The third kappa shape index (κ3) is 4.08. The van der Waals surface area contributed by atoms with Crippen molar-refractivity contribution in [1.82, 2.24) is 5.32 Å². The maximum absolute atomic E-state index is 3.53. The van der Waals surface area contributed by atoms with Crippen molar-refractivity contribution in [3.8, 4) is 0 Å². The van der Waals surface area contributed by atoms with Crippen LogP contribution in [0.3, 0.4) is 0 Å². The van der Waals surface area contributed by atoms with Gasteiger partial charge in [-0.1, -0.05) is 49.7 Å². The minimum atomic E-state index is 0.491. The van der Waals surface area contributed by atoms with E-state index < -0.39 is 0 Å². The zero-order chi connectivity index (χ0) is 15.2. The van der Waals surface area contributed by atoms with Crippen molar-refractivity contribution >= 4 is 11.4 Å². The lowest BCUT2D eigenvalue weighted by Gasteiger charge is -2.26. The van der Waals surface area contributed by atoms with Crippen molar-refractivity contribution < 1.29 is 0 Å². The molecule has 0 aliphatic rings. The van der Waals surface area contributed by atoms with Crippen LogP contribution < -0.4 is 10.2 Å². The fraction of sp³-hybridized carbons (Fsp3) is 0.368. The van der Waals surface area contributed by atoms with E-state index in [0.717, 1.165) is 13.1 Å². The van der Waals surface area contributed by atoms with Gasteiger partial charge in [0.25, 0.3) is 0 Å². The minimum absolute atomic E-state index is 0.491. The maximum Gasteiger partial charge on any atom is 0.0456 e. The van der Waals surface area contributed by atoms with Crippen LogP contribution in [0.15, 0.2) is 48.5 Å². The molecule has 0 unspecified atom stereocenters. The second-order valence-corrected chi connectivity index (χ2v) is 5.75. The summed E-state index contributed by atoms with van der Waals surface area (Å²) in [6.07, 6.45) is 0. The predicted molar refractivity (Wildman–Crippen MR) is 92.3 cm³/mol. The van der Waals surface area contributed by atoms with E-state index in [1.165, 1.54) is 22.5 Å². The van der Waals surface area contributed by atoms with Crippen LogP contribution in [0.4, 0.5) is 11.4 Å². The molecule has 0 spiro atoms. The second kappa shape index (κ2) is 7.28. The summed E-state index contributed by atoms with van der Waals surface area (Å²) in [6, 6.07) is 17.8. The zero-order valence-electron chi connectivity index (χ0n) is 13.6. The van der Waals surface area contributed by atoms with Crippen LogP contribution in [0, 0.1) is 6.92 Å². The number of para-hydroxylation sites is 1. The Labute approximate surface area is 128 Å². The minimum Gasteiger partial charge on any atom is -0.342 e. The number of rotatable bonds is 6. The molecule has 2 aromatic carbocycles. The second-order valence-electron chi connectivity index (χ2n) is 5.75. The van der Waals surface area contributed by atoms with Crippen LogP contribution in [-0.2, 0) is 6.54 Å². The molecular formula is C19H26N2. The van der Waals surface area contributed by atoms with Crippen molar-refractivity contribution in [2.75, 3.05) is 11.4 Å². The number of nitrogens with zero attached hydrogens (tertiary/aromatic N) is 1. The normalized spacial score (nSPS) is 10.9. The van der Waals surface area contributed by atoms with E-state index >= 15 is 0 Å². The van der Waals surface area contributed by atoms with Crippen molar-refractivity contribution in [2.45, 2.75) is 40.3 Å². The molecule has 2 heteroatoms. The summed E-state index contributed by atoms with van der Waals surface area (Å²) in [6.45, 7) is 10.6. The Morgan fingerprint density at radius 2 is 1.76 bits per heavy atom. The van der Waals surface area contributed by atoms with E-state index in [9.17, 15) is 0 Å². The molecule has 2 aromatic rings. The number of hydrogen-bond donors (Lipinski definition) is 1. The fourth-order valence-electron chi connectivity index (χ4n) is 2.53. The van der Waals surface area contributed by atoms with Gasteiger partial charge < -0.3 is 10.2 Å². The van der Waals surface area contributed by atoms with Gasteiger partial charge in [0.15, 0.2) is 0 Å². The van der Waals surface area contributed by atoms with Crippen LogP contribution in [0.2, 0.25) is 0 Å². The SMILES string of the molecule is CCN(c1ccccc1)c1ccc(C)cc1CNC(C)C. The van der Waals surface area contributed by atoms with E-state index in [0.29, 0.717) is 6.04 Å². The molecule has 0 saturated carbocycles. The summed E-state index contributed by atoms with van der Waals surface area (Å²) in [7, 11) is 0. The first kappa shape index (κ1) is 15.6. The number of anilines is 2. The Morgan fingerprint density at radius 1 is 1.05 bits per heavy atom. The smallest absolute Gasteiger partial charge is 0.0456 e. The first-order chi connectivity index (χ1) is 10.1. The lowest BCUT2D eigenvalue weighted by Crippen LogP contribution is -2.24. The highest BCUT2D eigenvalue weighted by Gasteiger charge is 2.12. The van der Waals surface area contributed by atoms with E-state index in [1.54, 1.807) is 0 Å². The van der Waals surface area contributed by atoms with Crippen molar-refractivity contribution in [2.24, 2.45) is 0 Å². The van der Waals surface area contributed by atoms with Gasteiger partial charge in [-0.3, -0.25) is 0 Å². The van der Waals surface area contributed by atoms with Gasteiger partial charge in [-0.25, -0.2) is 0 Å². The Bertz CT molecular complexity index is 561. The monoisotopic (exact) mass is 282 g/mol. The van der Waals surface area contributed by atoms with E-state index in [4.69, 9.17) is 0 Å². The average Bonchev–Trinajstić information content (AvgIpc) is 2.48. The van der Waals surface area contributed by atoms with Crippen LogP contribution in [0.5, 0.6) is 0 Å². The Kier molecular flexibility index (Phi) is 5.40. The van der Waals surface area contributed by atoms with E-state index in [1.807, 2.05) is 0 Å². The van der Waals surface area contributed by atoms with Crippen LogP contribution in [0.25, 0.3) is 0 Å². The van der Waals surface area contributed by atoms with Crippen LogP contribution in [0.1, 0.15) is 31.9 Å². The first-order valence-electron chi connectivity index (χ1n) is 7.77. The quantitative estimate of drug-likeness (QED) is 0.829. The van der Waals surface area contributed by atoms with Gasteiger partial charge in [-0.15, -0.1) is 0 Å². The highest BCUT2D eigenvalue weighted by atomic mass is 15.1. The Balaban J connectivity index is 2.36. The van der Waals surface area contributed by atoms with Crippen LogP contribution >= 0.6 is 0 Å². The number of aryl methyl sites for hydroxylation is 1. The molecule has 2 rings (SSSR count). The molecule has 1 N–H and O–H groups in total. The van der Waals surface area contributed by atoms with Gasteiger partial charge in [0.05, 0.1) is 0 Å². The highest BCUT2D eigenvalue weighted by molar-refractivity contribution is 5.66. The summed E-state index contributed by atoms with van der Waals surface area (Å²) >= 11 is 0. The third-order valence-corrected chi connectivity index (χ3v) is 3.61. The standard InChI is InChI=1S/C19H26N2/c1-5-21(18-9-7-6-8-10-18)19-12-11-16(4)13-17(19)14-20-15(2)3/h6-13,15,20H,5,14H2,1-4H3. The molecule has 0 aliphatic heterocycles. The number of nitrogens with one attached hydrogen (secondary N) is 1. The van der Waals surface area contributed by atoms with E-state index in [-0.39, 0.29) is 0 Å². The molecule has 0 aliphatic carbocycles. The Hall–Kier alpha value is -1.80. The molecule has 0 radical (unpaired) electrons. The molecule has 112 valence electrons. The molecule has 0 aromatic heterocycles. The van der Waals surface area contributed by atoms with Gasteiger partial charge in [0.1, 0.15) is 0 Å². The third-order valence-electron chi connectivity index (χ3n) is 3.61. The largest absolute Gasteiger partial charge is 0.342 e. The zero-order valence-corrected chi connectivity index (χ0v) is 13.6. The summed E-state index contributed by atoms with van der Waals surface area (Å²) in [5, 5.41) is 3.53. The van der Waals surface area contributed by atoms with E-state index in [2.05, 4.69) is 86.4 Å². The molecule has 2 nitrogen and oxygen atoms in total.